The third-order valence-electron chi connectivity index (χ3n) is 9.91. The molecular formula is C37H51N5O6. The highest BCUT2D eigenvalue weighted by Crippen LogP contribution is 2.25. The molecule has 260 valence electrons. The lowest BCUT2D eigenvalue weighted by molar-refractivity contribution is -0.139. The van der Waals surface area contributed by atoms with E-state index in [1.807, 2.05) is 64.9 Å². The lowest BCUT2D eigenvalue weighted by Gasteiger charge is -2.40. The Bertz CT molecular complexity index is 1430. The van der Waals surface area contributed by atoms with Crippen LogP contribution in [-0.2, 0) is 25.5 Å². The first-order valence-corrected chi connectivity index (χ1v) is 17.5. The summed E-state index contributed by atoms with van der Waals surface area (Å²) in [6.45, 7) is 12.3. The predicted molar refractivity (Wildman–Crippen MR) is 184 cm³/mol. The number of likely N-dealkylation sites (tertiary alicyclic amines) is 1. The number of piperazine rings is 1. The number of urea groups is 1. The van der Waals surface area contributed by atoms with Gasteiger partial charge in [0.15, 0.2) is 0 Å². The Hall–Kier alpha value is -3.96. The molecule has 4 heterocycles. The van der Waals surface area contributed by atoms with Crippen LogP contribution in [0.25, 0.3) is 0 Å². The number of carbonyl (C=O) groups is 4. The van der Waals surface area contributed by atoms with Crippen LogP contribution in [0.3, 0.4) is 0 Å². The first kappa shape index (κ1) is 35.3. The number of hydrogen-bond donors (Lipinski definition) is 1. The molecule has 3 saturated heterocycles. The molecule has 11 heteroatoms. The predicted octanol–water partition coefficient (Wildman–Crippen LogP) is 4.40. The Labute approximate surface area is 284 Å². The Morgan fingerprint density at radius 1 is 0.812 bits per heavy atom. The molecule has 3 fully saturated rings. The van der Waals surface area contributed by atoms with Gasteiger partial charge in [-0.1, -0.05) is 35.9 Å². The van der Waals surface area contributed by atoms with E-state index < -0.39 is 0 Å². The van der Waals surface area contributed by atoms with E-state index in [9.17, 15) is 19.2 Å². The van der Waals surface area contributed by atoms with E-state index in [2.05, 4.69) is 16.3 Å². The van der Waals surface area contributed by atoms with Crippen LogP contribution in [0.15, 0.2) is 42.5 Å². The highest BCUT2D eigenvalue weighted by Gasteiger charge is 2.32. The number of ether oxygens (including phenoxy) is 2. The summed E-state index contributed by atoms with van der Waals surface area (Å²) in [5.74, 6) is 0.510. The van der Waals surface area contributed by atoms with Crippen molar-refractivity contribution in [2.45, 2.75) is 77.8 Å². The Morgan fingerprint density at radius 3 is 2.10 bits per heavy atom. The summed E-state index contributed by atoms with van der Waals surface area (Å²) in [4.78, 5) is 57.3. The van der Waals surface area contributed by atoms with Crippen LogP contribution >= 0.6 is 0 Å². The number of aryl methyl sites for hydroxylation is 2. The van der Waals surface area contributed by atoms with Gasteiger partial charge in [-0.05, 0) is 69.2 Å². The van der Waals surface area contributed by atoms with Crippen LogP contribution in [0.2, 0.25) is 0 Å². The maximum Gasteiger partial charge on any atom is 0.322 e. The number of nitrogens with one attached hydrogen (secondary N) is 1. The van der Waals surface area contributed by atoms with E-state index in [-0.39, 0.29) is 42.7 Å². The molecule has 2 aromatic rings. The van der Waals surface area contributed by atoms with Gasteiger partial charge in [-0.3, -0.25) is 19.3 Å². The summed E-state index contributed by atoms with van der Waals surface area (Å²) in [5, 5.41) is 3.04. The van der Waals surface area contributed by atoms with E-state index in [1.165, 1.54) is 12.5 Å². The van der Waals surface area contributed by atoms with Crippen molar-refractivity contribution in [2.24, 2.45) is 0 Å². The van der Waals surface area contributed by atoms with E-state index >= 15 is 0 Å². The van der Waals surface area contributed by atoms with Gasteiger partial charge in [0.05, 0.1) is 0 Å². The molecule has 0 spiro atoms. The highest BCUT2D eigenvalue weighted by atomic mass is 16.5. The first-order chi connectivity index (χ1) is 23.2. The molecule has 2 aromatic carbocycles. The summed E-state index contributed by atoms with van der Waals surface area (Å²) in [5.41, 5.74) is 4.22. The molecular weight excluding hydrogens is 610 g/mol. The van der Waals surface area contributed by atoms with E-state index in [0.29, 0.717) is 31.4 Å². The maximum absolute atomic E-state index is 12.8. The summed E-state index contributed by atoms with van der Waals surface area (Å²) in [6.07, 6.45) is 5.09. The van der Waals surface area contributed by atoms with Crippen LogP contribution < -0.4 is 10.1 Å². The SMILES string of the molecule is CC(=O)Oc1ccc(C)cc1C.O=C(CCC(=O)N1CCN(C2CCOCC2)CC1)N1CCC(N2CCc3ccccc3NC2=O)CC1. The number of fused-ring (bicyclic) bond motifs is 1. The molecule has 1 N–H and O–H groups in total. The first-order valence-electron chi connectivity index (χ1n) is 17.5. The standard InChI is InChI=1S/C27H39N5O4.C10H12O2/c33-25(5-6-26(34)31-17-15-29(16-18-31)22-10-19-36-20-11-22)30-12-8-23(9-13-30)32-14-7-21-3-1-2-4-24(21)28-27(32)35;1-7-4-5-10(8(2)6-7)12-9(3)11/h1-4,22-23H,5-20H2,(H,28,35);4-6H,1-3H3. The van der Waals surface area contributed by atoms with Crippen molar-refractivity contribution in [1.29, 1.82) is 0 Å². The fraction of sp³-hybridized carbons (Fsp3) is 0.568. The molecule has 4 aliphatic heterocycles. The molecule has 0 bridgehead atoms. The number of hydrogen-bond acceptors (Lipinski definition) is 7. The molecule has 4 amide bonds. The number of anilines is 1. The van der Waals surface area contributed by atoms with Crippen molar-refractivity contribution in [3.05, 3.63) is 59.2 Å². The third-order valence-corrected chi connectivity index (χ3v) is 9.91. The van der Waals surface area contributed by atoms with Crippen molar-refractivity contribution in [3.8, 4) is 5.75 Å². The second kappa shape index (κ2) is 16.9. The summed E-state index contributed by atoms with van der Waals surface area (Å²) in [7, 11) is 0. The van der Waals surface area contributed by atoms with Gasteiger partial charge < -0.3 is 29.5 Å². The van der Waals surface area contributed by atoms with Gasteiger partial charge in [0.25, 0.3) is 0 Å². The summed E-state index contributed by atoms with van der Waals surface area (Å²) < 4.78 is 10.4. The minimum Gasteiger partial charge on any atom is -0.426 e. The van der Waals surface area contributed by atoms with E-state index in [4.69, 9.17) is 9.47 Å². The molecule has 4 aliphatic rings. The van der Waals surface area contributed by atoms with Gasteiger partial charge in [-0.25, -0.2) is 4.79 Å². The molecule has 48 heavy (non-hydrogen) atoms. The van der Waals surface area contributed by atoms with Crippen LogP contribution in [-0.4, -0.2) is 115 Å². The van der Waals surface area contributed by atoms with Crippen LogP contribution in [0, 0.1) is 13.8 Å². The van der Waals surface area contributed by atoms with Crippen molar-refractivity contribution >= 4 is 29.5 Å². The van der Waals surface area contributed by atoms with Crippen LogP contribution in [0.4, 0.5) is 10.5 Å². The van der Waals surface area contributed by atoms with E-state index in [0.717, 1.165) is 88.3 Å². The highest BCUT2D eigenvalue weighted by molar-refractivity contribution is 5.91. The van der Waals surface area contributed by atoms with E-state index in [1.54, 1.807) is 0 Å². The van der Waals surface area contributed by atoms with Crippen molar-refractivity contribution in [3.63, 3.8) is 0 Å². The zero-order valence-electron chi connectivity index (χ0n) is 28.7. The Balaban J connectivity index is 0.000000318. The van der Waals surface area contributed by atoms with Gasteiger partial charge in [-0.15, -0.1) is 0 Å². The largest absolute Gasteiger partial charge is 0.426 e. The molecule has 6 rings (SSSR count). The van der Waals surface area contributed by atoms with Crippen LogP contribution in [0.1, 0.15) is 62.1 Å². The van der Waals surface area contributed by atoms with Gasteiger partial charge in [0.2, 0.25) is 11.8 Å². The molecule has 11 nitrogen and oxygen atoms in total. The normalized spacial score (nSPS) is 19.4. The Morgan fingerprint density at radius 2 is 1.46 bits per heavy atom. The quantitative estimate of drug-likeness (QED) is 0.361. The number of nitrogens with zero attached hydrogens (tertiary/aromatic N) is 4. The number of para-hydroxylation sites is 1. The monoisotopic (exact) mass is 661 g/mol. The smallest absolute Gasteiger partial charge is 0.322 e. The number of amides is 4. The average molecular weight is 662 g/mol. The lowest BCUT2D eigenvalue weighted by Crippen LogP contribution is -2.53. The molecule has 0 atom stereocenters. The minimum absolute atomic E-state index is 0.0489. The third kappa shape index (κ3) is 9.56. The van der Waals surface area contributed by atoms with Gasteiger partial charge >= 0.3 is 12.0 Å². The molecule has 0 aromatic heterocycles. The number of rotatable bonds is 6. The average Bonchev–Trinajstić information content (AvgIpc) is 3.27. The lowest BCUT2D eigenvalue weighted by atomic mass is 10.0. The Kier molecular flexibility index (Phi) is 12.5. The summed E-state index contributed by atoms with van der Waals surface area (Å²) in [6, 6.07) is 14.3. The van der Waals surface area contributed by atoms with Crippen molar-refractivity contribution in [1.82, 2.24) is 19.6 Å². The second-order valence-electron chi connectivity index (χ2n) is 13.3. The molecule has 0 radical (unpaired) electrons. The van der Waals surface area contributed by atoms with Gasteiger partial charge in [0.1, 0.15) is 5.75 Å². The topological polar surface area (TPSA) is 112 Å². The number of esters is 1. The number of carbonyl (C=O) groups excluding carboxylic acids is 4. The fourth-order valence-corrected chi connectivity index (χ4v) is 7.15. The van der Waals surface area contributed by atoms with Gasteiger partial charge in [0, 0.05) is 96.6 Å². The van der Waals surface area contributed by atoms with Gasteiger partial charge in [-0.2, -0.15) is 0 Å². The van der Waals surface area contributed by atoms with Crippen molar-refractivity contribution < 1.29 is 28.7 Å². The number of benzene rings is 2. The fourth-order valence-electron chi connectivity index (χ4n) is 7.15. The second-order valence-corrected chi connectivity index (χ2v) is 13.3. The minimum atomic E-state index is -0.276. The number of piperidine rings is 1. The zero-order chi connectivity index (χ0) is 34.0. The maximum atomic E-state index is 12.8. The summed E-state index contributed by atoms with van der Waals surface area (Å²) >= 11 is 0. The van der Waals surface area contributed by atoms with Crippen molar-refractivity contribution in [2.75, 3.05) is 64.3 Å². The molecule has 0 saturated carbocycles. The van der Waals surface area contributed by atoms with Crippen LogP contribution in [0.5, 0.6) is 5.75 Å². The zero-order valence-corrected chi connectivity index (χ0v) is 28.7. The molecule has 0 aliphatic carbocycles. The molecule has 0 unspecified atom stereocenters.